The fourth-order valence-corrected chi connectivity index (χ4v) is 5.15. The van der Waals surface area contributed by atoms with Gasteiger partial charge < -0.3 is 36.0 Å². The van der Waals surface area contributed by atoms with Crippen molar-refractivity contribution in [3.05, 3.63) is 65.7 Å². The number of hydrogen-bond donors (Lipinski definition) is 5. The van der Waals surface area contributed by atoms with Crippen LogP contribution in [0.5, 0.6) is 5.75 Å². The summed E-state index contributed by atoms with van der Waals surface area (Å²) in [6.45, 7) is 7.80. The fourth-order valence-electron chi connectivity index (χ4n) is 5.15. The zero-order chi connectivity index (χ0) is 32.9. The van der Waals surface area contributed by atoms with Crippen molar-refractivity contribution in [2.75, 3.05) is 26.2 Å². The van der Waals surface area contributed by atoms with E-state index in [2.05, 4.69) is 21.3 Å². The van der Waals surface area contributed by atoms with Crippen molar-refractivity contribution in [2.45, 2.75) is 71.1 Å². The second kappa shape index (κ2) is 17.1. The van der Waals surface area contributed by atoms with E-state index in [-0.39, 0.29) is 43.1 Å². The lowest BCUT2D eigenvalue weighted by atomic mass is 9.97. The summed E-state index contributed by atoms with van der Waals surface area (Å²) in [6.07, 6.45) is 1.04. The summed E-state index contributed by atoms with van der Waals surface area (Å²) in [5, 5.41) is 20.6. The molecule has 12 nitrogen and oxygen atoms in total. The molecule has 4 atom stereocenters. The average molecular weight is 624 g/mol. The first-order chi connectivity index (χ1) is 21.5. The second-order valence-electron chi connectivity index (χ2n) is 11.6. The maximum atomic E-state index is 13.5. The van der Waals surface area contributed by atoms with Crippen molar-refractivity contribution in [2.24, 2.45) is 5.92 Å². The third kappa shape index (κ3) is 10.9. The van der Waals surface area contributed by atoms with E-state index in [4.69, 9.17) is 4.74 Å². The van der Waals surface area contributed by atoms with Crippen molar-refractivity contribution in [1.29, 1.82) is 0 Å². The van der Waals surface area contributed by atoms with Crippen molar-refractivity contribution in [1.82, 2.24) is 26.2 Å². The third-order valence-electron chi connectivity index (χ3n) is 7.44. The van der Waals surface area contributed by atoms with Crippen molar-refractivity contribution >= 4 is 29.6 Å². The predicted molar refractivity (Wildman–Crippen MR) is 168 cm³/mol. The quantitative estimate of drug-likeness (QED) is 0.184. The summed E-state index contributed by atoms with van der Waals surface area (Å²) in [5.74, 6) is -2.12. The van der Waals surface area contributed by atoms with Gasteiger partial charge in [0.25, 0.3) is 0 Å². The van der Waals surface area contributed by atoms with Crippen LogP contribution in [-0.2, 0) is 41.6 Å². The number of aromatic hydroxyl groups is 1. The first-order valence-electron chi connectivity index (χ1n) is 15.4. The largest absolute Gasteiger partial charge is 0.508 e. The van der Waals surface area contributed by atoms with E-state index in [1.807, 2.05) is 44.2 Å². The van der Waals surface area contributed by atoms with Gasteiger partial charge in [-0.15, -0.1) is 0 Å². The van der Waals surface area contributed by atoms with Gasteiger partial charge in [0, 0.05) is 25.9 Å². The Balaban J connectivity index is 1.61. The highest BCUT2D eigenvalue weighted by Gasteiger charge is 2.36. The molecular formula is C33H45N5O7. The molecule has 0 aromatic heterocycles. The van der Waals surface area contributed by atoms with Crippen LogP contribution in [0.4, 0.5) is 0 Å². The summed E-state index contributed by atoms with van der Waals surface area (Å²) >= 11 is 0. The van der Waals surface area contributed by atoms with Crippen molar-refractivity contribution < 1.29 is 33.8 Å². The second-order valence-corrected chi connectivity index (χ2v) is 11.6. The van der Waals surface area contributed by atoms with Crippen molar-refractivity contribution in [3.63, 3.8) is 0 Å². The van der Waals surface area contributed by atoms with Gasteiger partial charge in [-0.2, -0.15) is 0 Å². The van der Waals surface area contributed by atoms with Crippen LogP contribution in [0.3, 0.4) is 0 Å². The Hall–Kier alpha value is -4.45. The van der Waals surface area contributed by atoms with Gasteiger partial charge in [-0.1, -0.05) is 56.3 Å². The predicted octanol–water partition coefficient (Wildman–Crippen LogP) is 1.06. The molecule has 3 rings (SSSR count). The smallest absolute Gasteiger partial charge is 0.328 e. The van der Waals surface area contributed by atoms with Crippen LogP contribution in [0.1, 0.15) is 45.2 Å². The van der Waals surface area contributed by atoms with E-state index in [0.29, 0.717) is 25.1 Å². The van der Waals surface area contributed by atoms with Crippen LogP contribution in [-0.4, -0.2) is 90.0 Å². The molecule has 45 heavy (non-hydrogen) atoms. The Morgan fingerprint density at radius 2 is 1.62 bits per heavy atom. The Bertz CT molecular complexity index is 1300. The summed E-state index contributed by atoms with van der Waals surface area (Å²) in [7, 11) is 0. The molecule has 0 unspecified atom stereocenters. The van der Waals surface area contributed by atoms with Gasteiger partial charge in [0.1, 0.15) is 23.9 Å². The molecule has 5 N–H and O–H groups in total. The highest BCUT2D eigenvalue weighted by atomic mass is 16.5. The molecule has 0 spiro atoms. The monoisotopic (exact) mass is 623 g/mol. The van der Waals surface area contributed by atoms with Crippen molar-refractivity contribution in [3.8, 4) is 5.75 Å². The molecule has 4 amide bonds. The highest BCUT2D eigenvalue weighted by molar-refractivity contribution is 5.94. The number of piperazine rings is 1. The number of carbonyl (C=O) groups excluding carboxylic acids is 5. The molecular weight excluding hydrogens is 578 g/mol. The lowest BCUT2D eigenvalue weighted by Gasteiger charge is -2.38. The van der Waals surface area contributed by atoms with Crippen LogP contribution >= 0.6 is 0 Å². The Kier molecular flexibility index (Phi) is 13.3. The summed E-state index contributed by atoms with van der Waals surface area (Å²) in [6, 6.07) is 12.3. The van der Waals surface area contributed by atoms with E-state index < -0.39 is 48.4 Å². The van der Waals surface area contributed by atoms with Gasteiger partial charge in [-0.3, -0.25) is 19.2 Å². The number of ether oxygens (including phenoxy) is 1. The molecule has 1 aliphatic rings. The Morgan fingerprint density at radius 1 is 0.956 bits per heavy atom. The highest BCUT2D eigenvalue weighted by Crippen LogP contribution is 2.17. The van der Waals surface area contributed by atoms with Gasteiger partial charge in [-0.05, 0) is 49.4 Å². The standard InChI is InChI=1S/C33H45N5O7/c1-5-45-33(44)27(18-24-11-13-25(39)14-12-24)37-30(41)22(4)36-29(40)20-35-31(42)28(19-23-9-7-6-8-10-23)38-16-15-34-26(32(38)43)17-21(2)3/h6-14,21-22,26-28,34,39H,5,15-20H2,1-4H3,(H,35,42)(H,36,40)(H,37,41)/t22-,26+,27+,28-/m1/s1. The SMILES string of the molecule is CCOC(=O)[C@H](Cc1ccc(O)cc1)NC(=O)[C@@H](C)NC(=O)CNC(=O)[C@@H](Cc1ccccc1)N1CCN[C@@H](CC(C)C)C1=O. The van der Waals surface area contributed by atoms with E-state index in [0.717, 1.165) is 5.56 Å². The zero-order valence-electron chi connectivity index (χ0n) is 26.4. The summed E-state index contributed by atoms with van der Waals surface area (Å²) < 4.78 is 5.10. The number of phenolic OH excluding ortho intramolecular Hbond substituents is 1. The maximum Gasteiger partial charge on any atom is 0.328 e. The van der Waals surface area contributed by atoms with Crippen LogP contribution < -0.4 is 21.3 Å². The Morgan fingerprint density at radius 3 is 2.27 bits per heavy atom. The van der Waals surface area contributed by atoms with Gasteiger partial charge in [0.2, 0.25) is 23.6 Å². The summed E-state index contributed by atoms with van der Waals surface area (Å²) in [5.41, 5.74) is 1.57. The number of carbonyl (C=O) groups is 5. The fraction of sp³-hybridized carbons (Fsp3) is 0.485. The summed E-state index contributed by atoms with van der Waals surface area (Å²) in [4.78, 5) is 66.7. The van der Waals surface area contributed by atoms with Gasteiger partial charge in [0.05, 0.1) is 19.2 Å². The first kappa shape index (κ1) is 35.0. The van der Waals surface area contributed by atoms with E-state index in [9.17, 15) is 29.1 Å². The first-order valence-corrected chi connectivity index (χ1v) is 15.4. The lowest BCUT2D eigenvalue weighted by molar-refractivity contribution is -0.147. The molecule has 1 aliphatic heterocycles. The molecule has 1 saturated heterocycles. The van der Waals surface area contributed by atoms with E-state index in [1.54, 1.807) is 24.0 Å². The van der Waals surface area contributed by atoms with E-state index in [1.165, 1.54) is 19.1 Å². The normalized spacial score (nSPS) is 16.8. The molecule has 0 bridgehead atoms. The molecule has 244 valence electrons. The van der Waals surface area contributed by atoms with Gasteiger partial charge in [-0.25, -0.2) is 4.79 Å². The number of amides is 4. The minimum Gasteiger partial charge on any atom is -0.508 e. The number of nitrogens with zero attached hydrogens (tertiary/aromatic N) is 1. The number of benzene rings is 2. The Labute approximate surface area is 264 Å². The minimum absolute atomic E-state index is 0.0696. The van der Waals surface area contributed by atoms with Crippen LogP contribution in [0.15, 0.2) is 54.6 Å². The van der Waals surface area contributed by atoms with Gasteiger partial charge in [0.15, 0.2) is 0 Å². The lowest BCUT2D eigenvalue weighted by Crippen LogP contribution is -2.62. The number of rotatable bonds is 15. The maximum absolute atomic E-state index is 13.5. The van der Waals surface area contributed by atoms with Crippen LogP contribution in [0.25, 0.3) is 0 Å². The van der Waals surface area contributed by atoms with Gasteiger partial charge >= 0.3 is 5.97 Å². The molecule has 1 heterocycles. The minimum atomic E-state index is -1.03. The topological polar surface area (TPSA) is 166 Å². The van der Waals surface area contributed by atoms with E-state index >= 15 is 0 Å². The van der Waals surface area contributed by atoms with Crippen LogP contribution in [0, 0.1) is 5.92 Å². The average Bonchev–Trinajstić information content (AvgIpc) is 3.01. The molecule has 0 saturated carbocycles. The van der Waals surface area contributed by atoms with Crippen LogP contribution in [0.2, 0.25) is 0 Å². The number of hydrogen-bond acceptors (Lipinski definition) is 8. The third-order valence-corrected chi connectivity index (χ3v) is 7.44. The molecule has 0 radical (unpaired) electrons. The molecule has 0 aliphatic carbocycles. The number of nitrogens with one attached hydrogen (secondary N) is 4. The molecule has 2 aromatic carbocycles. The molecule has 2 aromatic rings. The number of esters is 1. The molecule has 12 heteroatoms. The zero-order valence-corrected chi connectivity index (χ0v) is 26.4. The molecule has 1 fully saturated rings. The number of phenols is 1.